The Kier molecular flexibility index (Phi) is 6.76. The maximum absolute atomic E-state index is 4.28. The summed E-state index contributed by atoms with van der Waals surface area (Å²) in [5.74, 6) is 0.791. The fourth-order valence-electron chi connectivity index (χ4n) is 3.56. The molecule has 104 valence electrons. The third kappa shape index (κ3) is 3.76. The zero-order chi connectivity index (χ0) is 13.6. The van der Waals surface area contributed by atoms with Crippen molar-refractivity contribution in [1.82, 2.24) is 0 Å². The van der Waals surface area contributed by atoms with Crippen LogP contribution in [-0.2, 0) is 0 Å². The van der Waals surface area contributed by atoms with Crippen LogP contribution in [0.2, 0.25) is 15.8 Å². The predicted molar refractivity (Wildman–Crippen MR) is 86.7 cm³/mol. The molecule has 0 amide bonds. The predicted octanol–water partition coefficient (Wildman–Crippen LogP) is 6.12. The third-order valence-corrected chi connectivity index (χ3v) is 17.9. The van der Waals surface area contributed by atoms with Gasteiger partial charge < -0.3 is 0 Å². The Hall–Kier alpha value is 0.0229. The first-order valence-corrected chi connectivity index (χ1v) is 13.4. The zero-order valence-electron chi connectivity index (χ0n) is 13.0. The minimum absolute atomic E-state index is 0.791. The van der Waals surface area contributed by atoms with Crippen LogP contribution in [0.1, 0.15) is 59.8 Å². The van der Waals surface area contributed by atoms with Gasteiger partial charge in [0.1, 0.15) is 0 Å². The summed E-state index contributed by atoms with van der Waals surface area (Å²) in [4.78, 5) is 0. The van der Waals surface area contributed by atoms with E-state index in [4.69, 9.17) is 0 Å². The standard InChI is InChI=1S/C17H32Ge/c1-6-18(7-2,8-3)16(5)13-14-17-12-10-9-11-15(17)4/h13,17H,4,6-12,14H2,1-3,5H3/b16-13+. The van der Waals surface area contributed by atoms with Gasteiger partial charge in [0.2, 0.25) is 0 Å². The Morgan fingerprint density at radius 1 is 1.22 bits per heavy atom. The molecule has 1 rings (SSSR count). The van der Waals surface area contributed by atoms with Gasteiger partial charge in [0.25, 0.3) is 0 Å². The fourth-order valence-corrected chi connectivity index (χ4v) is 11.4. The van der Waals surface area contributed by atoms with Crippen LogP contribution in [0.5, 0.6) is 0 Å². The molecule has 0 spiro atoms. The molecule has 0 heterocycles. The van der Waals surface area contributed by atoms with Crippen molar-refractivity contribution < 1.29 is 0 Å². The van der Waals surface area contributed by atoms with E-state index in [1.54, 1.807) is 4.41 Å². The van der Waals surface area contributed by atoms with Gasteiger partial charge in [-0.3, -0.25) is 0 Å². The molecule has 1 fully saturated rings. The zero-order valence-corrected chi connectivity index (χ0v) is 15.1. The van der Waals surface area contributed by atoms with E-state index >= 15 is 0 Å². The average Bonchev–Trinajstić information content (AvgIpc) is 2.40. The van der Waals surface area contributed by atoms with Crippen molar-refractivity contribution in [2.24, 2.45) is 5.92 Å². The topological polar surface area (TPSA) is 0 Å². The number of hydrogen-bond donors (Lipinski definition) is 0. The van der Waals surface area contributed by atoms with E-state index in [0.717, 1.165) is 5.92 Å². The van der Waals surface area contributed by atoms with Crippen LogP contribution in [0, 0.1) is 5.92 Å². The third-order valence-electron chi connectivity index (χ3n) is 5.45. The van der Waals surface area contributed by atoms with Crippen LogP contribution in [0.25, 0.3) is 0 Å². The number of hydrogen-bond acceptors (Lipinski definition) is 0. The molecular weight excluding hydrogens is 277 g/mol. The van der Waals surface area contributed by atoms with Crippen LogP contribution in [-0.4, -0.2) is 13.3 Å². The molecular formula is C17H32Ge. The summed E-state index contributed by atoms with van der Waals surface area (Å²) in [6.45, 7) is 14.0. The molecule has 0 N–H and O–H groups in total. The Morgan fingerprint density at radius 2 is 1.83 bits per heavy atom. The first-order valence-electron chi connectivity index (χ1n) is 7.94. The van der Waals surface area contributed by atoms with E-state index < -0.39 is 13.3 Å². The normalized spacial score (nSPS) is 22.3. The van der Waals surface area contributed by atoms with Crippen molar-refractivity contribution in [3.63, 3.8) is 0 Å². The van der Waals surface area contributed by atoms with Crippen LogP contribution >= 0.6 is 0 Å². The Morgan fingerprint density at radius 3 is 2.33 bits per heavy atom. The molecule has 0 aromatic carbocycles. The molecule has 0 aliphatic heterocycles. The summed E-state index contributed by atoms with van der Waals surface area (Å²) in [6, 6.07) is 0. The van der Waals surface area contributed by atoms with Crippen LogP contribution < -0.4 is 0 Å². The van der Waals surface area contributed by atoms with Crippen LogP contribution in [0.15, 0.2) is 22.6 Å². The van der Waals surface area contributed by atoms with Gasteiger partial charge in [-0.05, 0) is 0 Å². The Labute approximate surface area is 117 Å². The second kappa shape index (κ2) is 7.57. The van der Waals surface area contributed by atoms with Gasteiger partial charge in [0.05, 0.1) is 0 Å². The van der Waals surface area contributed by atoms with Crippen molar-refractivity contribution in [2.75, 3.05) is 0 Å². The van der Waals surface area contributed by atoms with Gasteiger partial charge >= 0.3 is 117 Å². The monoisotopic (exact) mass is 310 g/mol. The van der Waals surface area contributed by atoms with Gasteiger partial charge in [0, 0.05) is 0 Å². The quantitative estimate of drug-likeness (QED) is 0.410. The van der Waals surface area contributed by atoms with Gasteiger partial charge in [0.15, 0.2) is 0 Å². The number of rotatable bonds is 6. The molecule has 1 aliphatic rings. The van der Waals surface area contributed by atoms with Gasteiger partial charge in [-0.1, -0.05) is 0 Å². The molecule has 0 saturated heterocycles. The molecule has 1 saturated carbocycles. The van der Waals surface area contributed by atoms with Gasteiger partial charge in [-0.2, -0.15) is 0 Å². The molecule has 1 aliphatic carbocycles. The second-order valence-electron chi connectivity index (χ2n) is 6.06. The van der Waals surface area contributed by atoms with Crippen molar-refractivity contribution >= 4 is 13.3 Å². The molecule has 0 aromatic rings. The van der Waals surface area contributed by atoms with Crippen molar-refractivity contribution in [3.8, 4) is 0 Å². The van der Waals surface area contributed by atoms with Crippen LogP contribution in [0.3, 0.4) is 0 Å². The molecule has 0 nitrogen and oxygen atoms in total. The first-order chi connectivity index (χ1) is 8.59. The molecule has 1 atom stereocenters. The summed E-state index contributed by atoms with van der Waals surface area (Å²) in [6.07, 6.45) is 9.33. The van der Waals surface area contributed by atoms with E-state index in [1.807, 2.05) is 0 Å². The Balaban J connectivity index is 2.67. The molecule has 0 radical (unpaired) electrons. The fraction of sp³-hybridized carbons (Fsp3) is 0.765. The maximum atomic E-state index is 4.28. The minimum atomic E-state index is -1.64. The van der Waals surface area contributed by atoms with Crippen molar-refractivity contribution in [3.05, 3.63) is 22.6 Å². The van der Waals surface area contributed by atoms with E-state index in [0.29, 0.717) is 0 Å². The van der Waals surface area contributed by atoms with Gasteiger partial charge in [-0.25, -0.2) is 0 Å². The number of allylic oxidation sites excluding steroid dienone is 3. The summed E-state index contributed by atoms with van der Waals surface area (Å²) >= 11 is -1.64. The van der Waals surface area contributed by atoms with E-state index in [1.165, 1.54) is 53.4 Å². The van der Waals surface area contributed by atoms with E-state index in [2.05, 4.69) is 40.3 Å². The molecule has 0 bridgehead atoms. The summed E-state index contributed by atoms with van der Waals surface area (Å²) in [7, 11) is 0. The SMILES string of the molecule is C=C1CCCCC1C/C=[C](\C)[Ge]([CH2]C)([CH2]C)[CH2]C. The second-order valence-corrected chi connectivity index (χ2v) is 17.5. The molecule has 18 heavy (non-hydrogen) atoms. The van der Waals surface area contributed by atoms with E-state index in [-0.39, 0.29) is 0 Å². The van der Waals surface area contributed by atoms with Crippen molar-refractivity contribution in [1.29, 1.82) is 0 Å². The summed E-state index contributed by atoms with van der Waals surface area (Å²) in [5, 5.41) is 4.38. The van der Waals surface area contributed by atoms with Crippen molar-refractivity contribution in [2.45, 2.75) is 75.6 Å². The first kappa shape index (κ1) is 16.1. The van der Waals surface area contributed by atoms with Gasteiger partial charge in [-0.15, -0.1) is 0 Å². The molecule has 1 unspecified atom stereocenters. The Bertz CT molecular complexity index is 288. The summed E-state index contributed by atoms with van der Waals surface area (Å²) < 4.78 is 1.81. The van der Waals surface area contributed by atoms with Crippen LogP contribution in [0.4, 0.5) is 0 Å². The summed E-state index contributed by atoms with van der Waals surface area (Å²) in [5.41, 5.74) is 1.52. The molecule has 1 heteroatoms. The molecule has 0 aromatic heterocycles. The van der Waals surface area contributed by atoms with E-state index in [9.17, 15) is 0 Å². The average molecular weight is 309 g/mol.